The Balaban J connectivity index is 2.64. The number of benzene rings is 1. The Kier molecular flexibility index (Phi) is 3.50. The van der Waals surface area contributed by atoms with Crippen LogP contribution in [0.25, 0.3) is 11.3 Å². The molecule has 0 spiro atoms. The summed E-state index contributed by atoms with van der Waals surface area (Å²) >= 11 is 12.2. The number of hydrogen-bond donors (Lipinski definition) is 0. The molecule has 5 heteroatoms. The van der Waals surface area contributed by atoms with Crippen molar-refractivity contribution < 1.29 is 9.32 Å². The molecule has 0 fully saturated rings. The van der Waals surface area contributed by atoms with E-state index in [1.54, 1.807) is 25.1 Å². The summed E-state index contributed by atoms with van der Waals surface area (Å²) in [5, 5.41) is 4.89. The topological polar surface area (TPSA) is 43.1 Å². The summed E-state index contributed by atoms with van der Waals surface area (Å²) in [7, 11) is 0. The average molecular weight is 270 g/mol. The molecule has 0 saturated heterocycles. The second kappa shape index (κ2) is 4.90. The van der Waals surface area contributed by atoms with Crippen LogP contribution in [0, 0.1) is 6.92 Å². The van der Waals surface area contributed by atoms with Crippen molar-refractivity contribution in [3.8, 4) is 11.3 Å². The van der Waals surface area contributed by atoms with Gasteiger partial charge < -0.3 is 9.32 Å². The Labute approximate surface area is 108 Å². The van der Waals surface area contributed by atoms with Gasteiger partial charge in [0.1, 0.15) is 17.7 Å². The molecule has 0 N–H and O–H groups in total. The van der Waals surface area contributed by atoms with E-state index in [0.717, 1.165) is 11.8 Å². The monoisotopic (exact) mass is 269 g/mol. The number of nitrogens with zero attached hydrogens (tertiary/aromatic N) is 1. The summed E-state index contributed by atoms with van der Waals surface area (Å²) in [5.41, 5.74) is 1.85. The zero-order valence-electron chi connectivity index (χ0n) is 9.04. The molecule has 17 heavy (non-hydrogen) atoms. The largest absolute Gasteiger partial charge is 0.361 e. The van der Waals surface area contributed by atoms with Crippen molar-refractivity contribution in [1.29, 1.82) is 0 Å². The number of aromatic nitrogens is 1. The number of aldehydes is 1. The van der Waals surface area contributed by atoms with Crippen molar-refractivity contribution in [2.24, 2.45) is 0 Å². The smallest absolute Gasteiger partial charge is 0.137 e. The van der Waals surface area contributed by atoms with Gasteiger partial charge in [0.05, 0.1) is 10.0 Å². The van der Waals surface area contributed by atoms with E-state index in [1.165, 1.54) is 0 Å². The molecule has 1 aromatic carbocycles. The Hall–Kier alpha value is -1.32. The van der Waals surface area contributed by atoms with Crippen LogP contribution in [0.3, 0.4) is 0 Å². The van der Waals surface area contributed by atoms with Crippen molar-refractivity contribution in [3.63, 3.8) is 0 Å². The molecule has 3 nitrogen and oxygen atoms in total. The Morgan fingerprint density at radius 2 is 2.00 bits per heavy atom. The minimum atomic E-state index is 0.228. The molecule has 0 radical (unpaired) electrons. The lowest BCUT2D eigenvalue weighted by Gasteiger charge is -2.04. The lowest BCUT2D eigenvalue weighted by molar-refractivity contribution is -0.107. The van der Waals surface area contributed by atoms with Crippen LogP contribution < -0.4 is 0 Å². The van der Waals surface area contributed by atoms with E-state index >= 15 is 0 Å². The van der Waals surface area contributed by atoms with Crippen LogP contribution in [0.1, 0.15) is 11.3 Å². The van der Waals surface area contributed by atoms with Crippen LogP contribution in [0.15, 0.2) is 22.7 Å². The molecule has 0 atom stereocenters. The summed E-state index contributed by atoms with van der Waals surface area (Å²) in [6, 6.07) is 5.19. The molecule has 1 aromatic heterocycles. The minimum absolute atomic E-state index is 0.228. The molecular formula is C12H9Cl2NO2. The summed E-state index contributed by atoms with van der Waals surface area (Å²) in [4.78, 5) is 10.6. The average Bonchev–Trinajstić information content (AvgIpc) is 2.62. The van der Waals surface area contributed by atoms with Crippen LogP contribution in [0.2, 0.25) is 10.0 Å². The van der Waals surface area contributed by atoms with Crippen LogP contribution in [-0.2, 0) is 11.2 Å². The number of rotatable bonds is 3. The molecule has 1 heterocycles. The molecule has 0 saturated carbocycles. The highest BCUT2D eigenvalue weighted by molar-refractivity contribution is 6.39. The van der Waals surface area contributed by atoms with E-state index in [2.05, 4.69) is 5.16 Å². The predicted molar refractivity (Wildman–Crippen MR) is 66.5 cm³/mol. The van der Waals surface area contributed by atoms with Gasteiger partial charge in [-0.1, -0.05) is 34.4 Å². The van der Waals surface area contributed by atoms with E-state index in [9.17, 15) is 4.79 Å². The molecule has 0 bridgehead atoms. The van der Waals surface area contributed by atoms with Crippen molar-refractivity contribution in [2.75, 3.05) is 0 Å². The maximum absolute atomic E-state index is 10.6. The zero-order valence-corrected chi connectivity index (χ0v) is 10.5. The first-order valence-electron chi connectivity index (χ1n) is 4.98. The van der Waals surface area contributed by atoms with Crippen molar-refractivity contribution in [1.82, 2.24) is 5.16 Å². The second-order valence-electron chi connectivity index (χ2n) is 3.53. The van der Waals surface area contributed by atoms with Crippen molar-refractivity contribution in [2.45, 2.75) is 13.3 Å². The third kappa shape index (κ3) is 2.21. The lowest BCUT2D eigenvalue weighted by atomic mass is 10.0. The van der Waals surface area contributed by atoms with Gasteiger partial charge in [0, 0.05) is 17.5 Å². The van der Waals surface area contributed by atoms with Crippen LogP contribution >= 0.6 is 23.2 Å². The molecular weight excluding hydrogens is 261 g/mol. The molecule has 2 rings (SSSR count). The molecule has 0 aliphatic carbocycles. The van der Waals surface area contributed by atoms with Gasteiger partial charge in [0.15, 0.2) is 0 Å². The van der Waals surface area contributed by atoms with Gasteiger partial charge in [-0.15, -0.1) is 0 Å². The molecule has 88 valence electrons. The first-order chi connectivity index (χ1) is 8.15. The van der Waals surface area contributed by atoms with E-state index in [0.29, 0.717) is 27.1 Å². The highest BCUT2D eigenvalue weighted by atomic mass is 35.5. The third-order valence-electron chi connectivity index (χ3n) is 2.47. The van der Waals surface area contributed by atoms with E-state index in [-0.39, 0.29) is 6.42 Å². The lowest BCUT2D eigenvalue weighted by Crippen LogP contribution is -1.91. The fourth-order valence-electron chi connectivity index (χ4n) is 1.64. The van der Waals surface area contributed by atoms with Gasteiger partial charge in [-0.25, -0.2) is 0 Å². The number of carbonyl (C=O) groups is 1. The van der Waals surface area contributed by atoms with E-state index < -0.39 is 0 Å². The Morgan fingerprint density at radius 1 is 1.35 bits per heavy atom. The maximum Gasteiger partial charge on any atom is 0.137 e. The number of aryl methyl sites for hydroxylation is 1. The highest BCUT2D eigenvalue weighted by Gasteiger charge is 2.18. The quantitative estimate of drug-likeness (QED) is 0.798. The first kappa shape index (κ1) is 12.1. The normalized spacial score (nSPS) is 10.5. The molecule has 0 aliphatic rings. The minimum Gasteiger partial charge on any atom is -0.361 e. The van der Waals surface area contributed by atoms with Crippen molar-refractivity contribution in [3.05, 3.63) is 39.6 Å². The van der Waals surface area contributed by atoms with Crippen LogP contribution in [0.5, 0.6) is 0 Å². The second-order valence-corrected chi connectivity index (χ2v) is 4.35. The number of halogens is 2. The number of carbonyl (C=O) groups excluding carboxylic acids is 1. The van der Waals surface area contributed by atoms with Gasteiger partial charge in [-0.2, -0.15) is 0 Å². The molecule has 0 aliphatic heterocycles. The van der Waals surface area contributed by atoms with Crippen LogP contribution in [0.4, 0.5) is 0 Å². The van der Waals surface area contributed by atoms with Gasteiger partial charge in [-0.05, 0) is 19.1 Å². The van der Waals surface area contributed by atoms with Gasteiger partial charge in [-0.3, -0.25) is 0 Å². The summed E-state index contributed by atoms with van der Waals surface area (Å²) in [5.74, 6) is 0.600. The van der Waals surface area contributed by atoms with Gasteiger partial charge >= 0.3 is 0 Å². The SMILES string of the molecule is Cc1onc(-c2c(Cl)cccc2Cl)c1CC=O. The Morgan fingerprint density at radius 3 is 2.59 bits per heavy atom. The fraction of sp³-hybridized carbons (Fsp3) is 0.167. The van der Waals surface area contributed by atoms with Crippen molar-refractivity contribution >= 4 is 29.5 Å². The predicted octanol–water partition coefficient (Wildman–Crippen LogP) is 3.70. The van der Waals surface area contributed by atoms with Crippen LogP contribution in [-0.4, -0.2) is 11.4 Å². The summed E-state index contributed by atoms with van der Waals surface area (Å²) in [6.45, 7) is 1.75. The van der Waals surface area contributed by atoms with Gasteiger partial charge in [0.2, 0.25) is 0 Å². The van der Waals surface area contributed by atoms with E-state index in [1.807, 2.05) is 0 Å². The fourth-order valence-corrected chi connectivity index (χ4v) is 2.21. The maximum atomic E-state index is 10.6. The third-order valence-corrected chi connectivity index (χ3v) is 3.10. The molecule has 0 unspecified atom stereocenters. The zero-order chi connectivity index (χ0) is 12.4. The Bertz CT molecular complexity index is 543. The standard InChI is InChI=1S/C12H9Cl2NO2/c1-7-8(5-6-16)12(15-17-7)11-9(13)3-2-4-10(11)14/h2-4,6H,5H2,1H3. The highest BCUT2D eigenvalue weighted by Crippen LogP contribution is 2.36. The van der Waals surface area contributed by atoms with E-state index in [4.69, 9.17) is 27.7 Å². The van der Waals surface area contributed by atoms with Gasteiger partial charge in [0.25, 0.3) is 0 Å². The molecule has 0 amide bonds. The first-order valence-corrected chi connectivity index (χ1v) is 5.74. The molecule has 2 aromatic rings. The summed E-state index contributed by atoms with van der Waals surface area (Å²) in [6.07, 6.45) is 1.03. The summed E-state index contributed by atoms with van der Waals surface area (Å²) < 4.78 is 5.09. The number of hydrogen-bond acceptors (Lipinski definition) is 3.